The summed E-state index contributed by atoms with van der Waals surface area (Å²) in [7, 11) is -13.3. The molecule has 3 rings (SSSR count). The van der Waals surface area contributed by atoms with Crippen molar-refractivity contribution in [3.63, 3.8) is 0 Å². The maximum Gasteiger partial charge on any atom is 0.360 e. The van der Waals surface area contributed by atoms with E-state index in [1.54, 1.807) is 16.7 Å². The number of nitrogens with two attached hydrogens (primary N) is 1. The molecular weight excluding hydrogens is 463 g/mol. The van der Waals surface area contributed by atoms with E-state index in [-0.39, 0.29) is 12.4 Å². The summed E-state index contributed by atoms with van der Waals surface area (Å²) in [4.78, 5) is 40.4. The van der Waals surface area contributed by atoms with Gasteiger partial charge in [-0.15, -0.1) is 0 Å². The quantitative estimate of drug-likeness (QED) is 0.291. The number of hydrogen-bond acceptors (Lipinski definition) is 10. The molecule has 1 aliphatic heterocycles. The smallest absolute Gasteiger partial charge is 0.360 e. The van der Waals surface area contributed by atoms with Crippen LogP contribution in [0.1, 0.15) is 6.23 Å². The van der Waals surface area contributed by atoms with Gasteiger partial charge in [-0.25, -0.2) is 19.3 Å². The number of fused-ring (bicyclic) bond motifs is 1. The molecule has 14 nitrogen and oxygen atoms in total. The predicted molar refractivity (Wildman–Crippen MR) is 105 cm³/mol. The largest absolute Gasteiger partial charge is 0.382 e. The summed E-state index contributed by atoms with van der Waals surface area (Å²) < 4.78 is 51.6. The summed E-state index contributed by atoms with van der Waals surface area (Å²) in [5.74, 6) is -0.922. The van der Waals surface area contributed by atoms with E-state index in [0.29, 0.717) is 11.2 Å². The second-order valence-electron chi connectivity index (χ2n) is 6.58. The zero-order valence-electron chi connectivity index (χ0n) is 15.6. The minimum Gasteiger partial charge on any atom is -0.382 e. The highest BCUT2D eigenvalue weighted by atomic mass is 31.3. The highest BCUT2D eigenvalue weighted by Gasteiger charge is 2.37. The van der Waals surface area contributed by atoms with E-state index >= 15 is 0 Å². The second kappa shape index (κ2) is 8.58. The molecule has 0 spiro atoms. The fourth-order valence-corrected chi connectivity index (χ4v) is 8.11. The molecule has 2 aromatic heterocycles. The first-order valence-electron chi connectivity index (χ1n) is 8.34. The van der Waals surface area contributed by atoms with E-state index in [2.05, 4.69) is 19.3 Å². The maximum absolute atomic E-state index is 11.9. The van der Waals surface area contributed by atoms with Gasteiger partial charge in [0.05, 0.1) is 12.9 Å². The zero-order valence-corrected chi connectivity index (χ0v) is 18.3. The van der Waals surface area contributed by atoms with E-state index < -0.39 is 47.1 Å². The molecule has 0 bridgehead atoms. The second-order valence-corrected chi connectivity index (χ2v) is 13.3. The van der Waals surface area contributed by atoms with Gasteiger partial charge in [0.1, 0.15) is 30.2 Å². The van der Waals surface area contributed by atoms with Crippen LogP contribution in [0.25, 0.3) is 11.2 Å². The predicted octanol–water partition coefficient (Wildman–Crippen LogP) is 1.08. The molecule has 0 saturated heterocycles. The number of nitrogens with zero attached hydrogens (tertiary/aromatic N) is 4. The van der Waals surface area contributed by atoms with Crippen molar-refractivity contribution in [1.29, 1.82) is 0 Å². The highest BCUT2D eigenvalue weighted by molar-refractivity contribution is 7.76. The van der Waals surface area contributed by atoms with Gasteiger partial charge in [-0.1, -0.05) is 6.08 Å². The van der Waals surface area contributed by atoms with E-state index in [4.69, 9.17) is 20.1 Å². The lowest BCUT2D eigenvalue weighted by molar-refractivity contribution is -0.0215. The summed E-state index contributed by atoms with van der Waals surface area (Å²) in [6.45, 7) is 0.675. The van der Waals surface area contributed by atoms with Crippen molar-refractivity contribution in [1.82, 2.24) is 19.5 Å². The fraction of sp³-hybridized carbons (Fsp3) is 0.462. The van der Waals surface area contributed by atoms with E-state index in [9.17, 15) is 23.5 Å². The van der Waals surface area contributed by atoms with Gasteiger partial charge >= 0.3 is 15.2 Å². The van der Waals surface area contributed by atoms with Gasteiger partial charge in [-0.05, 0) is 6.08 Å². The number of ether oxygens (including phenoxy) is 2. The van der Waals surface area contributed by atoms with Crippen molar-refractivity contribution in [2.75, 3.05) is 31.3 Å². The topological polar surface area (TPSA) is 209 Å². The van der Waals surface area contributed by atoms with E-state index in [1.807, 2.05) is 0 Å². The van der Waals surface area contributed by atoms with Crippen LogP contribution in [0.3, 0.4) is 0 Å². The van der Waals surface area contributed by atoms with Gasteiger partial charge in [-0.3, -0.25) is 18.3 Å². The highest BCUT2D eigenvalue weighted by Crippen LogP contribution is 2.64. The summed E-state index contributed by atoms with van der Waals surface area (Å²) in [5.41, 5.74) is 6.62. The molecule has 0 radical (unpaired) electrons. The van der Waals surface area contributed by atoms with Crippen LogP contribution in [0.5, 0.6) is 0 Å². The number of anilines is 1. The number of nitrogen functional groups attached to an aromatic ring is 1. The average Bonchev–Trinajstić information content (AvgIpc) is 3.18. The molecule has 2 aromatic rings. The third kappa shape index (κ3) is 6.04. The number of rotatable bonds is 9. The van der Waals surface area contributed by atoms with Crippen molar-refractivity contribution in [2.24, 2.45) is 0 Å². The van der Waals surface area contributed by atoms with Gasteiger partial charge in [-0.2, -0.15) is 0 Å². The van der Waals surface area contributed by atoms with Crippen molar-refractivity contribution in [2.45, 2.75) is 12.3 Å². The molecular formula is C13H20N5O9P3. The van der Waals surface area contributed by atoms with Crippen LogP contribution in [0.15, 0.2) is 24.8 Å². The molecule has 3 unspecified atom stereocenters. The van der Waals surface area contributed by atoms with Gasteiger partial charge in [0.15, 0.2) is 17.7 Å². The molecule has 0 amide bonds. The van der Waals surface area contributed by atoms with Crippen LogP contribution in [-0.2, 0) is 27.5 Å². The Morgan fingerprint density at radius 1 is 1.17 bits per heavy atom. The first kappa shape index (κ1) is 23.2. The van der Waals surface area contributed by atoms with E-state index in [1.165, 1.54) is 12.7 Å². The summed E-state index contributed by atoms with van der Waals surface area (Å²) >= 11 is 0. The molecule has 0 aliphatic carbocycles. The molecule has 0 aromatic carbocycles. The lowest BCUT2D eigenvalue weighted by Gasteiger charge is -2.19. The molecule has 17 heteroatoms. The first-order chi connectivity index (χ1) is 13.9. The molecule has 1 aliphatic rings. The molecule has 0 saturated carbocycles. The minimum absolute atomic E-state index is 0.160. The van der Waals surface area contributed by atoms with Crippen LogP contribution in [0.4, 0.5) is 5.82 Å². The van der Waals surface area contributed by atoms with Crippen LogP contribution >= 0.6 is 22.6 Å². The van der Waals surface area contributed by atoms with Crippen LogP contribution in [0, 0.1) is 0 Å². The third-order valence-corrected chi connectivity index (χ3v) is 9.78. The van der Waals surface area contributed by atoms with E-state index in [0.717, 1.165) is 6.66 Å². The molecule has 5 atom stereocenters. The normalized spacial score (nSPS) is 25.1. The number of hydrogen-bond donors (Lipinski definition) is 4. The first-order valence-corrected chi connectivity index (χ1v) is 14.2. The molecule has 166 valence electrons. The number of aromatic nitrogens is 4. The van der Waals surface area contributed by atoms with Crippen LogP contribution < -0.4 is 5.73 Å². The van der Waals surface area contributed by atoms with Gasteiger partial charge < -0.3 is 29.9 Å². The summed E-state index contributed by atoms with van der Waals surface area (Å²) in [6.07, 6.45) is 4.05. The minimum atomic E-state index is -4.76. The standard InChI is InChI=1S/C13H20N5O9P3/c1-28(19,20)8-30(23,24)27-29(21,22)7-25-4-9-2-3-10(26-9)18-6-17-11-12(14)15-5-16-13(11)18/h2-3,5-6,9-10H,4,7-8H2,1H3,(H,19,20)(H,21,22)(H,23,24)(H2,14,15,16)/t9-,10+/m0/s1. The lowest BCUT2D eigenvalue weighted by atomic mass is 10.4. The van der Waals surface area contributed by atoms with Gasteiger partial charge in [0.2, 0.25) is 7.37 Å². The Balaban J connectivity index is 1.52. The lowest BCUT2D eigenvalue weighted by Crippen LogP contribution is -2.18. The summed E-state index contributed by atoms with van der Waals surface area (Å²) in [6, 6.07) is 0. The average molecular weight is 483 g/mol. The Kier molecular flexibility index (Phi) is 6.64. The van der Waals surface area contributed by atoms with Crippen LogP contribution in [-0.4, -0.2) is 65.8 Å². The third-order valence-electron chi connectivity index (χ3n) is 3.70. The molecule has 3 heterocycles. The Bertz CT molecular complexity index is 1100. The van der Waals surface area contributed by atoms with Gasteiger partial charge in [0, 0.05) is 6.66 Å². The van der Waals surface area contributed by atoms with Crippen molar-refractivity contribution in [3.8, 4) is 0 Å². The van der Waals surface area contributed by atoms with Crippen molar-refractivity contribution in [3.05, 3.63) is 24.8 Å². The Morgan fingerprint density at radius 3 is 2.60 bits per heavy atom. The molecule has 5 N–H and O–H groups in total. The molecule has 0 fully saturated rings. The number of imidazole rings is 1. The van der Waals surface area contributed by atoms with Gasteiger partial charge in [0.25, 0.3) is 0 Å². The Morgan fingerprint density at radius 2 is 1.90 bits per heavy atom. The Labute approximate surface area is 170 Å². The van der Waals surface area contributed by atoms with Crippen LogP contribution in [0.2, 0.25) is 0 Å². The molecule has 30 heavy (non-hydrogen) atoms. The Hall–Kier alpha value is -1.46. The zero-order chi connectivity index (χ0) is 22.2. The van der Waals surface area contributed by atoms with Crippen molar-refractivity contribution >= 4 is 39.5 Å². The SMILES string of the molecule is CP(=O)(O)CP(=O)(O)OP(=O)(O)COC[C@@H]1C=C[C@H](n2cnc3c(N)ncnc32)O1. The van der Waals surface area contributed by atoms with Crippen molar-refractivity contribution < 1.29 is 42.2 Å². The summed E-state index contributed by atoms with van der Waals surface area (Å²) in [5, 5.41) is 0. The monoisotopic (exact) mass is 483 g/mol. The fourth-order valence-electron chi connectivity index (χ4n) is 2.66. The maximum atomic E-state index is 11.9.